The van der Waals surface area contributed by atoms with Crippen LogP contribution in [-0.2, 0) is 32.5 Å². The molecule has 0 atom stereocenters. The van der Waals surface area contributed by atoms with Crippen LogP contribution in [0.5, 0.6) is 5.75 Å². The van der Waals surface area contributed by atoms with E-state index in [1.807, 2.05) is 6.07 Å². The Morgan fingerprint density at radius 3 is 1.97 bits per heavy atom. The number of rotatable bonds is 2. The maximum absolute atomic E-state index is 12.2. The first-order chi connectivity index (χ1) is 15.0. The first-order valence-corrected chi connectivity index (χ1v) is 10.7. The highest BCUT2D eigenvalue weighted by atomic mass is 32.2. The van der Waals surface area contributed by atoms with Gasteiger partial charge in [0.05, 0.1) is 11.6 Å². The molecule has 2 N–H and O–H groups in total. The average Bonchev–Trinajstić information content (AvgIpc) is 2.72. The molecule has 2 aliphatic rings. The number of nitrogens with one attached hydrogen (secondary N) is 2. The Bertz CT molecular complexity index is 1220. The van der Waals surface area contributed by atoms with Gasteiger partial charge < -0.3 is 14.8 Å². The first-order valence-electron chi connectivity index (χ1n) is 9.26. The summed E-state index contributed by atoms with van der Waals surface area (Å²) in [4.78, 5) is 22.2. The van der Waals surface area contributed by atoms with Gasteiger partial charge in [0.25, 0.3) is 0 Å². The number of hydrogen-bond donors (Lipinski definition) is 2. The molecular formula is C20H16F3N3O5S. The Labute approximate surface area is 181 Å². The molecule has 8 nitrogen and oxygen atoms in total. The molecule has 0 unspecified atom stereocenters. The van der Waals surface area contributed by atoms with Crippen molar-refractivity contribution in [3.63, 3.8) is 0 Å². The molecule has 2 heterocycles. The largest absolute Gasteiger partial charge is 0.534 e. The topological polar surface area (TPSA) is 125 Å². The number of nitriles is 1. The predicted molar refractivity (Wildman–Crippen MR) is 107 cm³/mol. The van der Waals surface area contributed by atoms with Gasteiger partial charge in [-0.05, 0) is 42.7 Å². The van der Waals surface area contributed by atoms with Crippen molar-refractivity contribution < 1.29 is 35.4 Å². The second kappa shape index (κ2) is 8.88. The van der Waals surface area contributed by atoms with Crippen LogP contribution < -0.4 is 14.8 Å². The number of halogens is 3. The van der Waals surface area contributed by atoms with E-state index < -0.39 is 21.4 Å². The summed E-state index contributed by atoms with van der Waals surface area (Å²) in [6.07, 6.45) is 1.32. The molecule has 0 spiro atoms. The van der Waals surface area contributed by atoms with Crippen LogP contribution in [-0.4, -0.2) is 25.7 Å². The van der Waals surface area contributed by atoms with E-state index in [0.717, 1.165) is 17.3 Å². The number of anilines is 2. The number of carbonyl (C=O) groups excluding carboxylic acids is 2. The van der Waals surface area contributed by atoms with E-state index in [1.165, 1.54) is 12.1 Å². The van der Waals surface area contributed by atoms with E-state index >= 15 is 0 Å². The van der Waals surface area contributed by atoms with Crippen LogP contribution in [0, 0.1) is 11.3 Å². The lowest BCUT2D eigenvalue weighted by Crippen LogP contribution is -2.29. The fourth-order valence-corrected chi connectivity index (χ4v) is 3.65. The summed E-state index contributed by atoms with van der Waals surface area (Å²) >= 11 is 0. The summed E-state index contributed by atoms with van der Waals surface area (Å²) in [6, 6.07) is 11.4. The number of fused-ring (bicyclic) bond motifs is 2. The quantitative estimate of drug-likeness (QED) is 0.516. The predicted octanol–water partition coefficient (Wildman–Crippen LogP) is 3.24. The summed E-state index contributed by atoms with van der Waals surface area (Å²) in [5.41, 5.74) is -2.59. The lowest BCUT2D eigenvalue weighted by molar-refractivity contribution is -0.117. The maximum atomic E-state index is 12.2. The summed E-state index contributed by atoms with van der Waals surface area (Å²) < 4.78 is 62.7. The number of carbonyl (C=O) groups is 2. The molecule has 2 amide bonds. The number of hydrogen-bond acceptors (Lipinski definition) is 6. The van der Waals surface area contributed by atoms with Gasteiger partial charge in [-0.15, -0.1) is 0 Å². The maximum Gasteiger partial charge on any atom is 0.534 e. The van der Waals surface area contributed by atoms with E-state index in [4.69, 9.17) is 5.26 Å². The molecule has 32 heavy (non-hydrogen) atoms. The molecule has 2 aromatic carbocycles. The van der Waals surface area contributed by atoms with E-state index in [1.54, 1.807) is 12.1 Å². The van der Waals surface area contributed by atoms with Crippen molar-refractivity contribution in [3.05, 3.63) is 53.1 Å². The summed E-state index contributed by atoms with van der Waals surface area (Å²) in [5.74, 6) is -0.680. The zero-order valence-corrected chi connectivity index (χ0v) is 17.1. The molecule has 168 valence electrons. The Kier molecular flexibility index (Phi) is 6.40. The molecule has 0 radical (unpaired) electrons. The highest BCUT2D eigenvalue weighted by Crippen LogP contribution is 2.34. The van der Waals surface area contributed by atoms with Crippen LogP contribution >= 0.6 is 0 Å². The van der Waals surface area contributed by atoms with Gasteiger partial charge in [-0.2, -0.15) is 26.9 Å². The third-order valence-electron chi connectivity index (χ3n) is 4.66. The van der Waals surface area contributed by atoms with Crippen molar-refractivity contribution in [2.45, 2.75) is 31.2 Å². The zero-order chi connectivity index (χ0) is 23.5. The van der Waals surface area contributed by atoms with Crippen molar-refractivity contribution >= 4 is 33.3 Å². The number of nitrogens with zero attached hydrogens (tertiary/aromatic N) is 1. The minimum Gasteiger partial charge on any atom is -0.376 e. The van der Waals surface area contributed by atoms with Crippen LogP contribution in [0.3, 0.4) is 0 Å². The second-order valence-electron chi connectivity index (χ2n) is 6.81. The molecule has 2 aliphatic heterocycles. The van der Waals surface area contributed by atoms with Gasteiger partial charge in [0, 0.05) is 29.8 Å². The van der Waals surface area contributed by atoms with Crippen LogP contribution in [0.4, 0.5) is 24.5 Å². The molecule has 0 aliphatic carbocycles. The third kappa shape index (κ3) is 5.00. The van der Waals surface area contributed by atoms with Crippen LogP contribution in [0.25, 0.3) is 0 Å². The van der Waals surface area contributed by atoms with Crippen molar-refractivity contribution in [1.82, 2.24) is 0 Å². The fourth-order valence-electron chi connectivity index (χ4n) is 3.16. The van der Waals surface area contributed by atoms with Crippen molar-refractivity contribution in [3.8, 4) is 11.8 Å². The lowest BCUT2D eigenvalue weighted by atomic mass is 9.98. The smallest absolute Gasteiger partial charge is 0.376 e. The van der Waals surface area contributed by atoms with Gasteiger partial charge in [-0.25, -0.2) is 0 Å². The molecule has 4 rings (SSSR count). The number of benzene rings is 2. The van der Waals surface area contributed by atoms with Crippen molar-refractivity contribution in [2.24, 2.45) is 0 Å². The SMILES string of the molecule is N#Cc1cccc2c1CCC(=O)N2.O=C1CCc2c(cccc2OS(=O)(=O)C(F)(F)F)N1. The highest BCUT2D eigenvalue weighted by Gasteiger charge is 2.49. The number of amides is 2. The van der Waals surface area contributed by atoms with Gasteiger partial charge in [0.15, 0.2) is 0 Å². The zero-order valence-electron chi connectivity index (χ0n) is 16.3. The average molecular weight is 467 g/mol. The van der Waals surface area contributed by atoms with E-state index in [2.05, 4.69) is 20.9 Å². The van der Waals surface area contributed by atoms with E-state index in [0.29, 0.717) is 18.4 Å². The molecule has 0 saturated carbocycles. The van der Waals surface area contributed by atoms with Gasteiger partial charge in [-0.1, -0.05) is 12.1 Å². The second-order valence-corrected chi connectivity index (χ2v) is 8.34. The fraction of sp³-hybridized carbons (Fsp3) is 0.250. The van der Waals surface area contributed by atoms with Gasteiger partial charge in [-0.3, -0.25) is 9.59 Å². The normalized spacial score (nSPS) is 15.1. The van der Waals surface area contributed by atoms with Gasteiger partial charge >= 0.3 is 15.6 Å². The third-order valence-corrected chi connectivity index (χ3v) is 5.63. The lowest BCUT2D eigenvalue weighted by Gasteiger charge is -2.19. The molecule has 0 bridgehead atoms. The Morgan fingerprint density at radius 2 is 1.41 bits per heavy atom. The Balaban J connectivity index is 0.000000193. The number of alkyl halides is 3. The summed E-state index contributed by atoms with van der Waals surface area (Å²) in [7, 11) is -5.71. The Hall–Kier alpha value is -3.59. The van der Waals surface area contributed by atoms with Crippen LogP contribution in [0.1, 0.15) is 29.5 Å². The summed E-state index contributed by atoms with van der Waals surface area (Å²) in [5, 5.41) is 14.0. The molecule has 0 fully saturated rings. The van der Waals surface area contributed by atoms with Crippen molar-refractivity contribution in [1.29, 1.82) is 5.26 Å². The molecular weight excluding hydrogens is 451 g/mol. The monoisotopic (exact) mass is 467 g/mol. The molecule has 0 saturated heterocycles. The van der Waals surface area contributed by atoms with Crippen molar-refractivity contribution in [2.75, 3.05) is 10.6 Å². The van der Waals surface area contributed by atoms with Gasteiger partial charge in [0.2, 0.25) is 11.8 Å². The minimum absolute atomic E-state index is 0.0302. The highest BCUT2D eigenvalue weighted by molar-refractivity contribution is 7.88. The standard InChI is InChI=1S/C10H8F3NO4S.C10H8N2O/c11-10(12,13)19(16,17)18-8-3-1-2-7-6(8)4-5-9(15)14-7;11-6-7-2-1-3-9-8(7)4-5-10(13)12-9/h1-3H,4-5H2,(H,14,15);1-3H,4-5H2,(H,12,13). The van der Waals surface area contributed by atoms with Crippen LogP contribution in [0.15, 0.2) is 36.4 Å². The molecule has 2 aromatic rings. The van der Waals surface area contributed by atoms with Gasteiger partial charge in [0.1, 0.15) is 5.75 Å². The molecule has 12 heteroatoms. The molecule has 0 aromatic heterocycles. The Morgan fingerprint density at radius 1 is 0.875 bits per heavy atom. The van der Waals surface area contributed by atoms with E-state index in [-0.39, 0.29) is 35.9 Å². The minimum atomic E-state index is -5.71. The first kappa shape index (κ1) is 23.1. The summed E-state index contributed by atoms with van der Waals surface area (Å²) in [6.45, 7) is 0. The van der Waals surface area contributed by atoms with Crippen LogP contribution in [0.2, 0.25) is 0 Å². The van der Waals surface area contributed by atoms with E-state index in [9.17, 15) is 31.2 Å².